The molecule has 0 radical (unpaired) electrons. The maximum absolute atomic E-state index is 11.9. The first-order valence-electron chi connectivity index (χ1n) is 6.94. The van der Waals surface area contributed by atoms with Gasteiger partial charge in [-0.1, -0.05) is 23.1 Å². The molecule has 0 aliphatic heterocycles. The average molecular weight is 338 g/mol. The van der Waals surface area contributed by atoms with E-state index in [9.17, 15) is 4.79 Å². The number of carbonyl (C=O) groups excluding carboxylic acids is 1. The van der Waals surface area contributed by atoms with Gasteiger partial charge in [-0.2, -0.15) is 0 Å². The molecule has 118 valence electrons. The van der Waals surface area contributed by atoms with E-state index in [4.69, 9.17) is 4.74 Å². The zero-order chi connectivity index (χ0) is 15.8. The van der Waals surface area contributed by atoms with Crippen LogP contribution < -0.4 is 15.4 Å². The predicted molar refractivity (Wildman–Crippen MR) is 91.0 cm³/mol. The van der Waals surface area contributed by atoms with Gasteiger partial charge in [0.15, 0.2) is 4.34 Å². The van der Waals surface area contributed by atoms with E-state index in [-0.39, 0.29) is 5.91 Å². The third-order valence-corrected chi connectivity index (χ3v) is 4.52. The zero-order valence-electron chi connectivity index (χ0n) is 12.5. The van der Waals surface area contributed by atoms with Crippen LogP contribution in [0.15, 0.2) is 28.6 Å². The number of ether oxygens (including phenoxy) is 1. The third-order valence-electron chi connectivity index (χ3n) is 2.51. The summed E-state index contributed by atoms with van der Waals surface area (Å²) in [6.07, 6.45) is 0. The Kier molecular flexibility index (Phi) is 6.47. The van der Waals surface area contributed by atoms with Gasteiger partial charge in [-0.15, -0.1) is 10.2 Å². The number of thioether (sulfide) groups is 1. The first-order chi connectivity index (χ1) is 10.7. The Morgan fingerprint density at radius 3 is 2.73 bits per heavy atom. The van der Waals surface area contributed by atoms with Gasteiger partial charge in [0.25, 0.3) is 0 Å². The summed E-state index contributed by atoms with van der Waals surface area (Å²) < 4.78 is 6.13. The summed E-state index contributed by atoms with van der Waals surface area (Å²) >= 11 is 2.82. The van der Waals surface area contributed by atoms with Gasteiger partial charge in [-0.25, -0.2) is 0 Å². The first-order valence-corrected chi connectivity index (χ1v) is 8.74. The monoisotopic (exact) mass is 338 g/mol. The molecule has 0 aliphatic carbocycles. The molecule has 2 aromatic rings. The minimum Gasteiger partial charge on any atom is -0.494 e. The third kappa shape index (κ3) is 5.19. The van der Waals surface area contributed by atoms with Gasteiger partial charge >= 0.3 is 0 Å². The quantitative estimate of drug-likeness (QED) is 0.720. The SMILES string of the molecule is CCNc1nnc(SCC(=O)Nc2ccc(OCC)cc2)s1. The number of rotatable bonds is 8. The fraction of sp³-hybridized carbons (Fsp3) is 0.357. The molecule has 2 N–H and O–H groups in total. The van der Waals surface area contributed by atoms with E-state index in [0.29, 0.717) is 12.4 Å². The van der Waals surface area contributed by atoms with Crippen molar-refractivity contribution < 1.29 is 9.53 Å². The van der Waals surface area contributed by atoms with E-state index < -0.39 is 0 Å². The highest BCUT2D eigenvalue weighted by Crippen LogP contribution is 2.25. The van der Waals surface area contributed by atoms with E-state index >= 15 is 0 Å². The van der Waals surface area contributed by atoms with Crippen molar-refractivity contribution in [1.82, 2.24) is 10.2 Å². The van der Waals surface area contributed by atoms with Crippen LogP contribution in [0.4, 0.5) is 10.8 Å². The Bertz CT molecular complexity index is 601. The number of nitrogens with zero attached hydrogens (tertiary/aromatic N) is 2. The number of aromatic nitrogens is 2. The second kappa shape index (κ2) is 8.60. The van der Waals surface area contributed by atoms with E-state index in [0.717, 1.165) is 27.5 Å². The Labute approximate surface area is 137 Å². The van der Waals surface area contributed by atoms with Crippen LogP contribution in [0.2, 0.25) is 0 Å². The Balaban J connectivity index is 1.79. The smallest absolute Gasteiger partial charge is 0.234 e. The molecule has 1 amide bonds. The molecule has 6 nitrogen and oxygen atoms in total. The molecule has 0 saturated heterocycles. The number of benzene rings is 1. The van der Waals surface area contributed by atoms with Crippen molar-refractivity contribution in [2.24, 2.45) is 0 Å². The van der Waals surface area contributed by atoms with Gasteiger partial charge < -0.3 is 15.4 Å². The largest absolute Gasteiger partial charge is 0.494 e. The van der Waals surface area contributed by atoms with Crippen molar-refractivity contribution in [3.8, 4) is 5.75 Å². The van der Waals surface area contributed by atoms with Crippen LogP contribution in [-0.4, -0.2) is 35.0 Å². The normalized spacial score (nSPS) is 10.3. The summed E-state index contributed by atoms with van der Waals surface area (Å²) in [5.74, 6) is 1.02. The molecule has 0 aliphatic rings. The lowest BCUT2D eigenvalue weighted by molar-refractivity contribution is -0.113. The van der Waals surface area contributed by atoms with E-state index in [1.165, 1.54) is 23.1 Å². The maximum atomic E-state index is 11.9. The Morgan fingerprint density at radius 2 is 2.05 bits per heavy atom. The van der Waals surface area contributed by atoms with Crippen molar-refractivity contribution in [2.45, 2.75) is 18.2 Å². The fourth-order valence-corrected chi connectivity index (χ4v) is 3.24. The summed E-state index contributed by atoms with van der Waals surface area (Å²) in [5.41, 5.74) is 0.750. The van der Waals surface area contributed by atoms with Crippen LogP contribution in [-0.2, 0) is 4.79 Å². The Hall–Kier alpha value is -1.80. The maximum Gasteiger partial charge on any atom is 0.234 e. The molecule has 1 aromatic carbocycles. The van der Waals surface area contributed by atoms with Crippen LogP contribution in [0, 0.1) is 0 Å². The summed E-state index contributed by atoms with van der Waals surface area (Å²) in [7, 11) is 0. The van der Waals surface area contributed by atoms with Gasteiger partial charge in [-0.3, -0.25) is 4.79 Å². The summed E-state index contributed by atoms with van der Waals surface area (Å²) in [6.45, 7) is 5.36. The standard InChI is InChI=1S/C14H18N4O2S2/c1-3-15-13-17-18-14(22-13)21-9-12(19)16-10-5-7-11(8-6-10)20-4-2/h5-8H,3-4,9H2,1-2H3,(H,15,17)(H,16,19). The first kappa shape index (κ1) is 16.6. The molecule has 22 heavy (non-hydrogen) atoms. The second-order valence-corrected chi connectivity index (χ2v) is 6.40. The van der Waals surface area contributed by atoms with E-state index in [1.807, 2.05) is 38.1 Å². The molecule has 0 bridgehead atoms. The number of anilines is 2. The number of nitrogens with one attached hydrogen (secondary N) is 2. The molecule has 2 rings (SSSR count). The topological polar surface area (TPSA) is 76.1 Å². The lowest BCUT2D eigenvalue weighted by Crippen LogP contribution is -2.13. The number of hydrogen-bond donors (Lipinski definition) is 2. The van der Waals surface area contributed by atoms with Crippen LogP contribution in [0.5, 0.6) is 5.75 Å². The minimum atomic E-state index is -0.0747. The van der Waals surface area contributed by atoms with Gasteiger partial charge in [-0.05, 0) is 38.1 Å². The molecule has 0 fully saturated rings. The van der Waals surface area contributed by atoms with Crippen LogP contribution in [0.1, 0.15) is 13.8 Å². The highest BCUT2D eigenvalue weighted by atomic mass is 32.2. The van der Waals surface area contributed by atoms with Crippen LogP contribution in [0.25, 0.3) is 0 Å². The second-order valence-electron chi connectivity index (χ2n) is 4.20. The number of carbonyl (C=O) groups is 1. The van der Waals surface area contributed by atoms with E-state index in [1.54, 1.807) is 0 Å². The molecule has 8 heteroatoms. The molecular formula is C14H18N4O2S2. The molecule has 0 saturated carbocycles. The fourth-order valence-electron chi connectivity index (χ4n) is 1.62. The van der Waals surface area contributed by atoms with Crippen molar-refractivity contribution in [1.29, 1.82) is 0 Å². The predicted octanol–water partition coefficient (Wildman–Crippen LogP) is 3.10. The zero-order valence-corrected chi connectivity index (χ0v) is 14.1. The minimum absolute atomic E-state index is 0.0747. The number of hydrogen-bond acceptors (Lipinski definition) is 7. The van der Waals surface area contributed by atoms with Gasteiger partial charge in [0.05, 0.1) is 12.4 Å². The summed E-state index contributed by atoms with van der Waals surface area (Å²) in [4.78, 5) is 11.9. The van der Waals surface area contributed by atoms with Crippen molar-refractivity contribution in [3.05, 3.63) is 24.3 Å². The van der Waals surface area contributed by atoms with Gasteiger partial charge in [0, 0.05) is 12.2 Å². The molecule has 0 unspecified atom stereocenters. The van der Waals surface area contributed by atoms with Gasteiger partial charge in [0.1, 0.15) is 5.75 Å². The Morgan fingerprint density at radius 1 is 1.27 bits per heavy atom. The van der Waals surface area contributed by atoms with Crippen LogP contribution >= 0.6 is 23.1 Å². The molecule has 0 atom stereocenters. The number of amides is 1. The summed E-state index contributed by atoms with van der Waals surface area (Å²) in [6, 6.07) is 7.31. The highest BCUT2D eigenvalue weighted by molar-refractivity contribution is 8.01. The average Bonchev–Trinajstić information content (AvgIpc) is 2.96. The highest BCUT2D eigenvalue weighted by Gasteiger charge is 2.08. The lowest BCUT2D eigenvalue weighted by atomic mass is 10.3. The van der Waals surface area contributed by atoms with Crippen molar-refractivity contribution in [3.63, 3.8) is 0 Å². The van der Waals surface area contributed by atoms with Crippen molar-refractivity contribution >= 4 is 39.8 Å². The molecule has 1 aromatic heterocycles. The molecular weight excluding hydrogens is 320 g/mol. The molecule has 0 spiro atoms. The molecule has 1 heterocycles. The summed E-state index contributed by atoms with van der Waals surface area (Å²) in [5, 5.41) is 14.7. The van der Waals surface area contributed by atoms with E-state index in [2.05, 4.69) is 20.8 Å². The van der Waals surface area contributed by atoms with Crippen molar-refractivity contribution in [2.75, 3.05) is 29.5 Å². The lowest BCUT2D eigenvalue weighted by Gasteiger charge is -2.06. The van der Waals surface area contributed by atoms with Crippen LogP contribution in [0.3, 0.4) is 0 Å². The van der Waals surface area contributed by atoms with Gasteiger partial charge in [0.2, 0.25) is 11.0 Å².